The van der Waals surface area contributed by atoms with Crippen LogP contribution in [-0.4, -0.2) is 34.1 Å². The van der Waals surface area contributed by atoms with Gasteiger partial charge in [-0.3, -0.25) is 4.79 Å². The van der Waals surface area contributed by atoms with Crippen molar-refractivity contribution in [3.05, 3.63) is 24.3 Å². The Kier molecular flexibility index (Phi) is 6.32. The molecule has 6 nitrogen and oxygen atoms in total. The lowest BCUT2D eigenvalue weighted by Crippen LogP contribution is -2.35. The van der Waals surface area contributed by atoms with E-state index < -0.39 is 10.0 Å². The molecule has 0 saturated heterocycles. The van der Waals surface area contributed by atoms with Crippen molar-refractivity contribution < 1.29 is 17.9 Å². The molecule has 0 aliphatic heterocycles. The first-order chi connectivity index (χ1) is 9.76. The number of hydrogen-bond donors (Lipinski definition) is 2. The molecule has 0 aliphatic carbocycles. The van der Waals surface area contributed by atoms with E-state index in [4.69, 9.17) is 4.74 Å². The highest BCUT2D eigenvalue weighted by atomic mass is 32.2. The topological polar surface area (TPSA) is 84.5 Å². The Morgan fingerprint density at radius 2 is 1.76 bits per heavy atom. The molecule has 1 amide bonds. The third-order valence-electron chi connectivity index (χ3n) is 2.73. The largest absolute Gasteiger partial charge is 0.383 e. The van der Waals surface area contributed by atoms with Crippen molar-refractivity contribution in [3.8, 4) is 0 Å². The maximum atomic E-state index is 12.1. The van der Waals surface area contributed by atoms with Crippen molar-refractivity contribution >= 4 is 21.6 Å². The van der Waals surface area contributed by atoms with Gasteiger partial charge in [-0.2, -0.15) is 0 Å². The van der Waals surface area contributed by atoms with Gasteiger partial charge >= 0.3 is 0 Å². The number of amides is 1. The van der Waals surface area contributed by atoms with Gasteiger partial charge in [-0.05, 0) is 31.2 Å². The minimum absolute atomic E-state index is 0.113. The number of carbonyl (C=O) groups is 1. The molecule has 1 aromatic rings. The van der Waals surface area contributed by atoms with Crippen molar-refractivity contribution in [2.75, 3.05) is 19.0 Å². The van der Waals surface area contributed by atoms with Crippen LogP contribution in [0.5, 0.6) is 0 Å². The average Bonchev–Trinajstić information content (AvgIpc) is 2.38. The summed E-state index contributed by atoms with van der Waals surface area (Å²) in [5.41, 5.74) is 0.567. The molecule has 7 heteroatoms. The molecule has 0 saturated carbocycles. The number of benzene rings is 1. The van der Waals surface area contributed by atoms with Gasteiger partial charge in [0.25, 0.3) is 0 Å². The zero-order valence-electron chi connectivity index (χ0n) is 12.7. The lowest BCUT2D eigenvalue weighted by atomic mass is 10.2. The maximum absolute atomic E-state index is 12.1. The van der Waals surface area contributed by atoms with Crippen LogP contribution in [0.3, 0.4) is 0 Å². The third-order valence-corrected chi connectivity index (χ3v) is 4.33. The number of anilines is 1. The van der Waals surface area contributed by atoms with Gasteiger partial charge in [0, 0.05) is 24.8 Å². The first-order valence-corrected chi connectivity index (χ1v) is 8.16. The second-order valence-electron chi connectivity index (χ2n) is 5.15. The molecule has 0 aromatic heterocycles. The Balaban J connectivity index is 2.79. The summed E-state index contributed by atoms with van der Waals surface area (Å²) >= 11 is 0. The standard InChI is InChI=1S/C14H22N2O4S/c1-10(2)14(17)15-12-5-7-13(8-6-12)21(18,19)16-11(3)9-20-4/h5-8,10-11,16H,9H2,1-4H3,(H,15,17). The van der Waals surface area contributed by atoms with E-state index in [1.807, 2.05) is 0 Å². The summed E-state index contributed by atoms with van der Waals surface area (Å²) in [7, 11) is -2.08. The number of hydrogen-bond acceptors (Lipinski definition) is 4. The lowest BCUT2D eigenvalue weighted by Gasteiger charge is -2.13. The minimum atomic E-state index is -3.59. The van der Waals surface area contributed by atoms with Crippen LogP contribution in [0.4, 0.5) is 5.69 Å². The highest BCUT2D eigenvalue weighted by Crippen LogP contribution is 2.15. The summed E-state index contributed by atoms with van der Waals surface area (Å²) in [6.45, 7) is 5.59. The van der Waals surface area contributed by atoms with Crippen molar-refractivity contribution in [1.82, 2.24) is 4.72 Å². The molecule has 1 rings (SSSR count). The van der Waals surface area contributed by atoms with Gasteiger partial charge in [-0.1, -0.05) is 13.8 Å². The summed E-state index contributed by atoms with van der Waals surface area (Å²) in [5, 5.41) is 2.71. The van der Waals surface area contributed by atoms with Gasteiger partial charge in [-0.15, -0.1) is 0 Å². The Hall–Kier alpha value is -1.44. The molecule has 0 heterocycles. The van der Waals surface area contributed by atoms with Crippen LogP contribution in [0.25, 0.3) is 0 Å². The highest BCUT2D eigenvalue weighted by Gasteiger charge is 2.17. The van der Waals surface area contributed by atoms with Crippen LogP contribution in [0, 0.1) is 5.92 Å². The molecule has 21 heavy (non-hydrogen) atoms. The van der Waals surface area contributed by atoms with E-state index in [0.29, 0.717) is 12.3 Å². The number of methoxy groups -OCH3 is 1. The minimum Gasteiger partial charge on any atom is -0.383 e. The number of rotatable bonds is 7. The fraction of sp³-hybridized carbons (Fsp3) is 0.500. The summed E-state index contributed by atoms with van der Waals surface area (Å²) in [6, 6.07) is 5.72. The van der Waals surface area contributed by atoms with Crippen LogP contribution in [0.2, 0.25) is 0 Å². The van der Waals surface area contributed by atoms with E-state index in [-0.39, 0.29) is 22.8 Å². The summed E-state index contributed by atoms with van der Waals surface area (Å²) < 4.78 is 31.6. The second kappa shape index (κ2) is 7.53. The molecule has 2 N–H and O–H groups in total. The summed E-state index contributed by atoms with van der Waals surface area (Å²) in [4.78, 5) is 11.7. The quantitative estimate of drug-likeness (QED) is 0.800. The Morgan fingerprint density at radius 3 is 2.24 bits per heavy atom. The van der Waals surface area contributed by atoms with Gasteiger partial charge in [0.15, 0.2) is 0 Å². The first-order valence-electron chi connectivity index (χ1n) is 6.68. The number of carbonyl (C=O) groups excluding carboxylic acids is 1. The van der Waals surface area contributed by atoms with Gasteiger partial charge in [0.1, 0.15) is 0 Å². The monoisotopic (exact) mass is 314 g/mol. The third kappa shape index (κ3) is 5.45. The van der Waals surface area contributed by atoms with E-state index in [2.05, 4.69) is 10.0 Å². The van der Waals surface area contributed by atoms with Gasteiger partial charge < -0.3 is 10.1 Å². The van der Waals surface area contributed by atoms with Crippen LogP contribution in [-0.2, 0) is 19.6 Å². The van der Waals surface area contributed by atoms with Gasteiger partial charge in [0.2, 0.25) is 15.9 Å². The van der Waals surface area contributed by atoms with E-state index in [1.54, 1.807) is 32.9 Å². The summed E-state index contributed by atoms with van der Waals surface area (Å²) in [6.07, 6.45) is 0. The average molecular weight is 314 g/mol. The molecular formula is C14H22N2O4S. The first kappa shape index (κ1) is 17.6. The zero-order chi connectivity index (χ0) is 16.0. The lowest BCUT2D eigenvalue weighted by molar-refractivity contribution is -0.118. The fourth-order valence-electron chi connectivity index (χ4n) is 1.62. The highest BCUT2D eigenvalue weighted by molar-refractivity contribution is 7.89. The Labute approximate surface area is 125 Å². The number of nitrogens with one attached hydrogen (secondary N) is 2. The molecule has 118 valence electrons. The predicted octanol–water partition coefficient (Wildman–Crippen LogP) is 1.59. The smallest absolute Gasteiger partial charge is 0.240 e. The predicted molar refractivity (Wildman–Crippen MR) is 81.6 cm³/mol. The van der Waals surface area contributed by atoms with E-state index in [9.17, 15) is 13.2 Å². The SMILES string of the molecule is COCC(C)NS(=O)(=O)c1ccc(NC(=O)C(C)C)cc1. The molecule has 0 fully saturated rings. The van der Waals surface area contributed by atoms with E-state index in [0.717, 1.165) is 0 Å². The fourth-order valence-corrected chi connectivity index (χ4v) is 2.85. The molecule has 1 atom stereocenters. The van der Waals surface area contributed by atoms with Crippen LogP contribution in [0.15, 0.2) is 29.2 Å². The number of sulfonamides is 1. The molecule has 1 unspecified atom stereocenters. The van der Waals surface area contributed by atoms with E-state index in [1.165, 1.54) is 19.2 Å². The molecule has 0 aliphatic rings. The van der Waals surface area contributed by atoms with Crippen LogP contribution < -0.4 is 10.0 Å². The van der Waals surface area contributed by atoms with Crippen molar-refractivity contribution in [2.45, 2.75) is 31.7 Å². The van der Waals surface area contributed by atoms with Crippen LogP contribution in [0.1, 0.15) is 20.8 Å². The normalized spacial score (nSPS) is 13.2. The summed E-state index contributed by atoms with van der Waals surface area (Å²) in [5.74, 6) is -0.248. The molecule has 0 radical (unpaired) electrons. The van der Waals surface area contributed by atoms with Crippen molar-refractivity contribution in [3.63, 3.8) is 0 Å². The number of ether oxygens (including phenoxy) is 1. The van der Waals surface area contributed by atoms with Gasteiger partial charge in [-0.25, -0.2) is 13.1 Å². The molecule has 1 aromatic carbocycles. The van der Waals surface area contributed by atoms with E-state index >= 15 is 0 Å². The zero-order valence-corrected chi connectivity index (χ0v) is 13.5. The molecule has 0 spiro atoms. The Bertz CT molecular complexity index is 567. The maximum Gasteiger partial charge on any atom is 0.240 e. The molecule has 0 bridgehead atoms. The Morgan fingerprint density at radius 1 is 1.19 bits per heavy atom. The van der Waals surface area contributed by atoms with Crippen molar-refractivity contribution in [1.29, 1.82) is 0 Å². The van der Waals surface area contributed by atoms with Gasteiger partial charge in [0.05, 0.1) is 11.5 Å². The molecular weight excluding hydrogens is 292 g/mol. The van der Waals surface area contributed by atoms with Crippen LogP contribution >= 0.6 is 0 Å². The van der Waals surface area contributed by atoms with Crippen molar-refractivity contribution in [2.24, 2.45) is 5.92 Å². The second-order valence-corrected chi connectivity index (χ2v) is 6.86.